The summed E-state index contributed by atoms with van der Waals surface area (Å²) < 4.78 is 0. The Kier molecular flexibility index (Phi) is 3.42. The van der Waals surface area contributed by atoms with Gasteiger partial charge in [-0.05, 0) is 30.6 Å². The van der Waals surface area contributed by atoms with E-state index in [0.717, 1.165) is 17.8 Å². The van der Waals surface area contributed by atoms with Crippen molar-refractivity contribution in [3.8, 4) is 0 Å². The summed E-state index contributed by atoms with van der Waals surface area (Å²) in [6.45, 7) is 7.07. The van der Waals surface area contributed by atoms with E-state index in [9.17, 15) is 0 Å². The summed E-state index contributed by atoms with van der Waals surface area (Å²) >= 11 is 0. The van der Waals surface area contributed by atoms with Gasteiger partial charge in [-0.1, -0.05) is 40.0 Å². The molecule has 66 valence electrons. The highest BCUT2D eigenvalue weighted by molar-refractivity contribution is 4.82. The maximum absolute atomic E-state index is 2.36. The standard InChI is InChI=1S/C11H22/c1-4-9-7-8-10(5-2)11(9)6-3/h9-11H,4-8H2,1-3H3/t9-,10+,11?. The maximum atomic E-state index is 2.36. The zero-order valence-electron chi connectivity index (χ0n) is 8.27. The molecule has 0 heterocycles. The van der Waals surface area contributed by atoms with Crippen LogP contribution in [0.4, 0.5) is 0 Å². The summed E-state index contributed by atoms with van der Waals surface area (Å²) in [5.41, 5.74) is 0. The fraction of sp³-hybridized carbons (Fsp3) is 1.00. The fourth-order valence-corrected chi connectivity index (χ4v) is 2.92. The molecule has 0 aromatic carbocycles. The average molecular weight is 154 g/mol. The van der Waals surface area contributed by atoms with Gasteiger partial charge in [0.05, 0.1) is 0 Å². The molecule has 0 aromatic heterocycles. The molecule has 1 fully saturated rings. The molecule has 1 aliphatic rings. The third-order valence-corrected chi connectivity index (χ3v) is 3.64. The lowest BCUT2D eigenvalue weighted by Crippen LogP contribution is -2.12. The molecule has 0 nitrogen and oxygen atoms in total. The molecule has 0 N–H and O–H groups in total. The first-order chi connectivity index (χ1) is 5.33. The maximum Gasteiger partial charge on any atom is -0.0360 e. The van der Waals surface area contributed by atoms with E-state index in [1.807, 2.05) is 0 Å². The van der Waals surface area contributed by atoms with Crippen molar-refractivity contribution in [2.45, 2.75) is 52.9 Å². The molecule has 0 aromatic rings. The van der Waals surface area contributed by atoms with Crippen molar-refractivity contribution in [2.24, 2.45) is 17.8 Å². The van der Waals surface area contributed by atoms with Crippen molar-refractivity contribution in [1.82, 2.24) is 0 Å². The summed E-state index contributed by atoms with van der Waals surface area (Å²) in [5, 5.41) is 0. The lowest BCUT2D eigenvalue weighted by Gasteiger charge is -2.21. The van der Waals surface area contributed by atoms with E-state index < -0.39 is 0 Å². The molecular formula is C11H22. The van der Waals surface area contributed by atoms with Crippen LogP contribution in [0.25, 0.3) is 0 Å². The number of hydrogen-bond donors (Lipinski definition) is 0. The first kappa shape index (κ1) is 9.09. The Morgan fingerprint density at radius 3 is 1.55 bits per heavy atom. The summed E-state index contributed by atoms with van der Waals surface area (Å²) in [6, 6.07) is 0. The molecule has 1 aliphatic carbocycles. The van der Waals surface area contributed by atoms with Gasteiger partial charge in [-0.3, -0.25) is 0 Å². The topological polar surface area (TPSA) is 0 Å². The fourth-order valence-electron chi connectivity index (χ4n) is 2.92. The van der Waals surface area contributed by atoms with Gasteiger partial charge >= 0.3 is 0 Å². The zero-order chi connectivity index (χ0) is 8.27. The minimum atomic E-state index is 1.06. The van der Waals surface area contributed by atoms with Gasteiger partial charge in [0.25, 0.3) is 0 Å². The molecule has 1 unspecified atom stereocenters. The highest BCUT2D eigenvalue weighted by atomic mass is 14.4. The molecule has 0 aliphatic heterocycles. The van der Waals surface area contributed by atoms with E-state index in [4.69, 9.17) is 0 Å². The van der Waals surface area contributed by atoms with Crippen molar-refractivity contribution < 1.29 is 0 Å². The van der Waals surface area contributed by atoms with E-state index in [2.05, 4.69) is 20.8 Å². The van der Waals surface area contributed by atoms with E-state index in [-0.39, 0.29) is 0 Å². The quantitative estimate of drug-likeness (QED) is 0.579. The van der Waals surface area contributed by atoms with Crippen molar-refractivity contribution in [2.75, 3.05) is 0 Å². The Hall–Kier alpha value is 0. The monoisotopic (exact) mass is 154 g/mol. The Bertz CT molecular complexity index is 94.6. The molecule has 0 amide bonds. The molecule has 3 atom stereocenters. The summed E-state index contributed by atoms with van der Waals surface area (Å²) in [7, 11) is 0. The highest BCUT2D eigenvalue weighted by Crippen LogP contribution is 2.42. The molecule has 0 bridgehead atoms. The van der Waals surface area contributed by atoms with Gasteiger partial charge in [0.2, 0.25) is 0 Å². The van der Waals surface area contributed by atoms with Gasteiger partial charge in [0, 0.05) is 0 Å². The first-order valence-electron chi connectivity index (χ1n) is 5.33. The predicted octanol–water partition coefficient (Wildman–Crippen LogP) is 3.86. The third-order valence-electron chi connectivity index (χ3n) is 3.64. The minimum absolute atomic E-state index is 1.06. The molecule has 1 saturated carbocycles. The van der Waals surface area contributed by atoms with E-state index in [0.29, 0.717) is 0 Å². The van der Waals surface area contributed by atoms with Crippen LogP contribution in [0, 0.1) is 17.8 Å². The second-order valence-electron chi connectivity index (χ2n) is 3.99. The Morgan fingerprint density at radius 2 is 1.27 bits per heavy atom. The lowest BCUT2D eigenvalue weighted by atomic mass is 9.85. The van der Waals surface area contributed by atoms with Crippen LogP contribution in [0.2, 0.25) is 0 Å². The van der Waals surface area contributed by atoms with Crippen LogP contribution < -0.4 is 0 Å². The molecule has 11 heavy (non-hydrogen) atoms. The van der Waals surface area contributed by atoms with Crippen molar-refractivity contribution >= 4 is 0 Å². The molecule has 1 rings (SSSR count). The van der Waals surface area contributed by atoms with Crippen molar-refractivity contribution in [3.63, 3.8) is 0 Å². The van der Waals surface area contributed by atoms with Crippen LogP contribution in [0.15, 0.2) is 0 Å². The summed E-state index contributed by atoms with van der Waals surface area (Å²) in [4.78, 5) is 0. The van der Waals surface area contributed by atoms with E-state index in [1.165, 1.54) is 32.1 Å². The number of hydrogen-bond acceptors (Lipinski definition) is 0. The van der Waals surface area contributed by atoms with Gasteiger partial charge < -0.3 is 0 Å². The summed E-state index contributed by atoms with van der Waals surface area (Å²) in [6.07, 6.45) is 7.25. The second kappa shape index (κ2) is 4.13. The molecular weight excluding hydrogens is 132 g/mol. The Labute approximate surface area is 71.4 Å². The SMILES string of the molecule is CCC1[C@H](CC)CC[C@@H]1CC. The van der Waals surface area contributed by atoms with Gasteiger partial charge in [0.1, 0.15) is 0 Å². The van der Waals surface area contributed by atoms with Gasteiger partial charge in [-0.15, -0.1) is 0 Å². The minimum Gasteiger partial charge on any atom is -0.0651 e. The predicted molar refractivity (Wildman–Crippen MR) is 50.6 cm³/mol. The smallest absolute Gasteiger partial charge is 0.0360 e. The van der Waals surface area contributed by atoms with Crippen molar-refractivity contribution in [1.29, 1.82) is 0 Å². The summed E-state index contributed by atoms with van der Waals surface area (Å²) in [5.74, 6) is 3.18. The van der Waals surface area contributed by atoms with Gasteiger partial charge in [-0.25, -0.2) is 0 Å². The van der Waals surface area contributed by atoms with E-state index >= 15 is 0 Å². The van der Waals surface area contributed by atoms with Crippen LogP contribution in [0.3, 0.4) is 0 Å². The normalized spacial score (nSPS) is 37.9. The largest absolute Gasteiger partial charge is 0.0651 e. The first-order valence-corrected chi connectivity index (χ1v) is 5.33. The van der Waals surface area contributed by atoms with Crippen LogP contribution >= 0.6 is 0 Å². The highest BCUT2D eigenvalue weighted by Gasteiger charge is 2.31. The van der Waals surface area contributed by atoms with Crippen molar-refractivity contribution in [3.05, 3.63) is 0 Å². The Morgan fingerprint density at radius 1 is 0.818 bits per heavy atom. The van der Waals surface area contributed by atoms with Crippen LogP contribution in [0.1, 0.15) is 52.9 Å². The molecule has 0 radical (unpaired) electrons. The second-order valence-corrected chi connectivity index (χ2v) is 3.99. The zero-order valence-corrected chi connectivity index (χ0v) is 8.27. The van der Waals surface area contributed by atoms with Crippen LogP contribution in [-0.2, 0) is 0 Å². The molecule has 0 saturated heterocycles. The molecule has 0 heteroatoms. The van der Waals surface area contributed by atoms with Crippen LogP contribution in [-0.4, -0.2) is 0 Å². The lowest BCUT2D eigenvalue weighted by molar-refractivity contribution is 0.289. The third kappa shape index (κ3) is 1.77. The Balaban J connectivity index is 2.48. The van der Waals surface area contributed by atoms with Gasteiger partial charge in [-0.2, -0.15) is 0 Å². The molecule has 0 spiro atoms. The number of rotatable bonds is 3. The average Bonchev–Trinajstić information content (AvgIpc) is 2.45. The van der Waals surface area contributed by atoms with Gasteiger partial charge in [0.15, 0.2) is 0 Å². The van der Waals surface area contributed by atoms with E-state index in [1.54, 1.807) is 0 Å². The van der Waals surface area contributed by atoms with Crippen LogP contribution in [0.5, 0.6) is 0 Å².